The Kier molecular flexibility index (Phi) is 6.02. The minimum absolute atomic E-state index is 0.0285. The van der Waals surface area contributed by atoms with Crippen molar-refractivity contribution in [2.45, 2.75) is 19.3 Å². The fourth-order valence-corrected chi connectivity index (χ4v) is 2.65. The second-order valence-corrected chi connectivity index (χ2v) is 5.25. The van der Waals surface area contributed by atoms with E-state index in [0.29, 0.717) is 0 Å². The quantitative estimate of drug-likeness (QED) is 0.820. The van der Waals surface area contributed by atoms with Gasteiger partial charge in [0.2, 0.25) is 5.91 Å². The lowest BCUT2D eigenvalue weighted by Crippen LogP contribution is -2.46. The van der Waals surface area contributed by atoms with Gasteiger partial charge in [-0.2, -0.15) is 0 Å². The van der Waals surface area contributed by atoms with E-state index in [2.05, 4.69) is 22.5 Å². The molecule has 2 N–H and O–H groups in total. The molecule has 1 atom stereocenters. The maximum atomic E-state index is 12.3. The molecule has 1 aliphatic rings. The molecule has 110 valence electrons. The molecule has 1 fully saturated rings. The van der Waals surface area contributed by atoms with Gasteiger partial charge in [0.15, 0.2) is 0 Å². The second kappa shape index (κ2) is 8.02. The summed E-state index contributed by atoms with van der Waals surface area (Å²) in [6.45, 7) is 8.00. The van der Waals surface area contributed by atoms with Crippen molar-refractivity contribution in [1.82, 2.24) is 15.5 Å². The minimum atomic E-state index is -0.0285. The number of hydrogen-bond acceptors (Lipinski definition) is 3. The van der Waals surface area contributed by atoms with E-state index in [9.17, 15) is 4.79 Å². The molecule has 1 unspecified atom stereocenters. The molecule has 0 bridgehead atoms. The van der Waals surface area contributed by atoms with Crippen LogP contribution >= 0.6 is 0 Å². The lowest BCUT2D eigenvalue weighted by molar-refractivity contribution is -0.122. The van der Waals surface area contributed by atoms with Crippen LogP contribution in [0.2, 0.25) is 0 Å². The number of nitrogens with zero attached hydrogens (tertiary/aromatic N) is 1. The molecule has 0 aromatic heterocycles. The normalized spacial score (nSPS) is 17.6. The molecule has 0 radical (unpaired) electrons. The number of amides is 1. The van der Waals surface area contributed by atoms with Crippen molar-refractivity contribution in [3.63, 3.8) is 0 Å². The number of piperazine rings is 1. The largest absolute Gasteiger partial charge is 0.354 e. The van der Waals surface area contributed by atoms with Crippen molar-refractivity contribution in [1.29, 1.82) is 0 Å². The molecule has 2 rings (SSSR count). The zero-order chi connectivity index (χ0) is 14.2. The standard InChI is InChI=1S/C16H25N3O/c1-2-15(14-6-4-3-5-7-14)16(20)18-10-13-19-11-8-17-9-12-19/h3-7,15,17H,2,8-13H2,1H3,(H,18,20). The maximum Gasteiger partial charge on any atom is 0.227 e. The van der Waals surface area contributed by atoms with Crippen LogP contribution in [-0.4, -0.2) is 50.1 Å². The number of carbonyl (C=O) groups excluding carboxylic acids is 1. The van der Waals surface area contributed by atoms with Crippen molar-refractivity contribution in [3.8, 4) is 0 Å². The summed E-state index contributed by atoms with van der Waals surface area (Å²) in [6.07, 6.45) is 0.837. The highest BCUT2D eigenvalue weighted by Crippen LogP contribution is 2.18. The molecule has 0 saturated carbocycles. The molecule has 0 spiro atoms. The molecule has 1 amide bonds. The molecule has 1 aromatic rings. The van der Waals surface area contributed by atoms with E-state index in [1.807, 2.05) is 30.3 Å². The highest BCUT2D eigenvalue weighted by atomic mass is 16.1. The van der Waals surface area contributed by atoms with Crippen LogP contribution in [-0.2, 0) is 4.79 Å². The van der Waals surface area contributed by atoms with E-state index < -0.39 is 0 Å². The zero-order valence-electron chi connectivity index (χ0n) is 12.3. The minimum Gasteiger partial charge on any atom is -0.354 e. The number of rotatable bonds is 6. The first-order chi connectivity index (χ1) is 9.81. The SMILES string of the molecule is CCC(C(=O)NCCN1CCNCC1)c1ccccc1. The van der Waals surface area contributed by atoms with E-state index in [-0.39, 0.29) is 11.8 Å². The Morgan fingerprint density at radius 2 is 2.00 bits per heavy atom. The predicted octanol–water partition coefficient (Wildman–Crippen LogP) is 1.20. The zero-order valence-corrected chi connectivity index (χ0v) is 12.3. The molecule has 20 heavy (non-hydrogen) atoms. The monoisotopic (exact) mass is 275 g/mol. The lowest BCUT2D eigenvalue weighted by Gasteiger charge is -2.27. The van der Waals surface area contributed by atoms with Crippen molar-refractivity contribution < 1.29 is 4.79 Å². The number of hydrogen-bond donors (Lipinski definition) is 2. The Hall–Kier alpha value is -1.39. The Labute approximate surface area is 121 Å². The summed E-state index contributed by atoms with van der Waals surface area (Å²) in [4.78, 5) is 14.7. The molecule has 1 aliphatic heterocycles. The Bertz CT molecular complexity index is 401. The topological polar surface area (TPSA) is 44.4 Å². The molecule has 1 saturated heterocycles. The van der Waals surface area contributed by atoms with Gasteiger partial charge >= 0.3 is 0 Å². The smallest absolute Gasteiger partial charge is 0.227 e. The van der Waals surface area contributed by atoms with Gasteiger partial charge in [0.25, 0.3) is 0 Å². The van der Waals surface area contributed by atoms with Gasteiger partial charge in [-0.1, -0.05) is 37.3 Å². The first-order valence-corrected chi connectivity index (χ1v) is 7.57. The second-order valence-electron chi connectivity index (χ2n) is 5.25. The van der Waals surface area contributed by atoms with Crippen LogP contribution in [0.25, 0.3) is 0 Å². The molecule has 4 nitrogen and oxygen atoms in total. The average molecular weight is 275 g/mol. The van der Waals surface area contributed by atoms with Gasteiger partial charge in [0.1, 0.15) is 0 Å². The van der Waals surface area contributed by atoms with Crippen molar-refractivity contribution in [3.05, 3.63) is 35.9 Å². The van der Waals surface area contributed by atoms with E-state index >= 15 is 0 Å². The molecule has 0 aliphatic carbocycles. The van der Waals surface area contributed by atoms with E-state index in [4.69, 9.17) is 0 Å². The third kappa shape index (κ3) is 4.32. The Balaban J connectivity index is 1.78. The van der Waals surface area contributed by atoms with Crippen molar-refractivity contribution in [2.75, 3.05) is 39.3 Å². The summed E-state index contributed by atoms with van der Waals surface area (Å²) in [5, 5.41) is 6.41. The Morgan fingerprint density at radius 3 is 2.65 bits per heavy atom. The lowest BCUT2D eigenvalue weighted by atomic mass is 9.96. The summed E-state index contributed by atoms with van der Waals surface area (Å²) in [6, 6.07) is 10.0. The number of carbonyl (C=O) groups is 1. The van der Waals surface area contributed by atoms with Gasteiger partial charge in [-0.05, 0) is 12.0 Å². The first-order valence-electron chi connectivity index (χ1n) is 7.57. The third-order valence-electron chi connectivity index (χ3n) is 3.86. The summed E-state index contributed by atoms with van der Waals surface area (Å²) >= 11 is 0. The molecule has 4 heteroatoms. The van der Waals surface area contributed by atoms with Gasteiger partial charge in [0, 0.05) is 39.3 Å². The van der Waals surface area contributed by atoms with Crippen molar-refractivity contribution >= 4 is 5.91 Å². The van der Waals surface area contributed by atoms with Crippen LogP contribution in [0.5, 0.6) is 0 Å². The maximum absolute atomic E-state index is 12.3. The predicted molar refractivity (Wildman–Crippen MR) is 81.8 cm³/mol. The highest BCUT2D eigenvalue weighted by molar-refractivity contribution is 5.83. The highest BCUT2D eigenvalue weighted by Gasteiger charge is 2.18. The van der Waals surface area contributed by atoms with Crippen LogP contribution in [0.3, 0.4) is 0 Å². The van der Waals surface area contributed by atoms with Crippen LogP contribution in [0.4, 0.5) is 0 Å². The fourth-order valence-electron chi connectivity index (χ4n) is 2.65. The Morgan fingerprint density at radius 1 is 1.30 bits per heavy atom. The number of nitrogens with one attached hydrogen (secondary N) is 2. The molecular formula is C16H25N3O. The van der Waals surface area contributed by atoms with E-state index in [1.54, 1.807) is 0 Å². The molecular weight excluding hydrogens is 250 g/mol. The van der Waals surface area contributed by atoms with Gasteiger partial charge < -0.3 is 10.6 Å². The van der Waals surface area contributed by atoms with Gasteiger partial charge in [-0.25, -0.2) is 0 Å². The summed E-state index contributed by atoms with van der Waals surface area (Å²) < 4.78 is 0. The van der Waals surface area contributed by atoms with Gasteiger partial charge in [0.05, 0.1) is 5.92 Å². The van der Waals surface area contributed by atoms with Crippen molar-refractivity contribution in [2.24, 2.45) is 0 Å². The van der Waals surface area contributed by atoms with Crippen LogP contribution < -0.4 is 10.6 Å². The molecule has 1 aromatic carbocycles. The van der Waals surface area contributed by atoms with E-state index in [1.165, 1.54) is 0 Å². The van der Waals surface area contributed by atoms with Crippen LogP contribution in [0.15, 0.2) is 30.3 Å². The number of benzene rings is 1. The third-order valence-corrected chi connectivity index (χ3v) is 3.86. The molecule has 1 heterocycles. The van der Waals surface area contributed by atoms with Crippen LogP contribution in [0.1, 0.15) is 24.8 Å². The average Bonchev–Trinajstić information content (AvgIpc) is 2.50. The van der Waals surface area contributed by atoms with Gasteiger partial charge in [-0.15, -0.1) is 0 Å². The summed E-state index contributed by atoms with van der Waals surface area (Å²) in [7, 11) is 0. The fraction of sp³-hybridized carbons (Fsp3) is 0.562. The first kappa shape index (κ1) is 15.0. The van der Waals surface area contributed by atoms with Gasteiger partial charge in [-0.3, -0.25) is 9.69 Å². The summed E-state index contributed by atoms with van der Waals surface area (Å²) in [5.74, 6) is 0.119. The summed E-state index contributed by atoms with van der Waals surface area (Å²) in [5.41, 5.74) is 1.11. The van der Waals surface area contributed by atoms with Crippen LogP contribution in [0, 0.1) is 0 Å². The van der Waals surface area contributed by atoms with E-state index in [0.717, 1.165) is 51.3 Å².